The Kier molecular flexibility index (Phi) is 9.89. The molecule has 0 amide bonds. The maximum Gasteiger partial charge on any atom is 0.125 e. The van der Waals surface area contributed by atoms with E-state index in [1.165, 1.54) is 17.9 Å². The van der Waals surface area contributed by atoms with Gasteiger partial charge in [-0.1, -0.05) is 27.7 Å². The fourth-order valence-electron chi connectivity index (χ4n) is 1.26. The summed E-state index contributed by atoms with van der Waals surface area (Å²) in [4.78, 5) is 21.5. The maximum absolute atomic E-state index is 10.7. The van der Waals surface area contributed by atoms with Crippen molar-refractivity contribution in [2.45, 2.75) is 47.0 Å². The van der Waals surface area contributed by atoms with Crippen LogP contribution in [0.1, 0.15) is 47.0 Å². The molecular formula is C15H28O2S2. The Balaban J connectivity index is 3.33. The van der Waals surface area contributed by atoms with Crippen LogP contribution >= 0.6 is 23.5 Å². The Bertz CT molecular complexity index is 237. The average molecular weight is 305 g/mol. The van der Waals surface area contributed by atoms with Gasteiger partial charge in [-0.15, -0.1) is 0 Å². The van der Waals surface area contributed by atoms with Crippen molar-refractivity contribution in [2.75, 3.05) is 23.0 Å². The van der Waals surface area contributed by atoms with Gasteiger partial charge in [0.2, 0.25) is 0 Å². The number of carbonyl (C=O) groups is 2. The van der Waals surface area contributed by atoms with Crippen molar-refractivity contribution in [2.24, 2.45) is 10.8 Å². The summed E-state index contributed by atoms with van der Waals surface area (Å²) in [5.41, 5.74) is -0.329. The lowest BCUT2D eigenvalue weighted by Crippen LogP contribution is -2.14. The molecule has 0 heterocycles. The molecule has 2 nitrogen and oxygen atoms in total. The average Bonchev–Trinajstić information content (AvgIpc) is 2.36. The first kappa shape index (κ1) is 19.0. The summed E-state index contributed by atoms with van der Waals surface area (Å²) in [5, 5.41) is 0. The molecule has 112 valence electrons. The van der Waals surface area contributed by atoms with E-state index in [0.29, 0.717) is 0 Å². The molecule has 0 saturated carbocycles. The number of hydrogen-bond donors (Lipinski definition) is 0. The quantitative estimate of drug-likeness (QED) is 0.402. The molecule has 0 fully saturated rings. The van der Waals surface area contributed by atoms with E-state index in [2.05, 4.69) is 0 Å². The Morgan fingerprint density at radius 2 is 1.11 bits per heavy atom. The lowest BCUT2D eigenvalue weighted by molar-refractivity contribution is -0.115. The lowest BCUT2D eigenvalue weighted by atomic mass is 9.93. The SMILES string of the molecule is CC(C)(C=O)CCSCCCSCCC(C)(C)C=O. The molecule has 4 heteroatoms. The molecule has 0 atom stereocenters. The maximum atomic E-state index is 10.7. The standard InChI is InChI=1S/C15H28O2S2/c1-14(2,12-16)6-10-18-8-5-9-19-11-7-15(3,4)13-17/h12-13H,5-11H2,1-4H3. The summed E-state index contributed by atoms with van der Waals surface area (Å²) in [6.45, 7) is 7.97. The number of carbonyl (C=O) groups excluding carboxylic acids is 2. The van der Waals surface area contributed by atoms with Gasteiger partial charge in [0.1, 0.15) is 12.6 Å². The van der Waals surface area contributed by atoms with Gasteiger partial charge in [0.05, 0.1) is 0 Å². The predicted octanol–water partition coefficient (Wildman–Crippen LogP) is 4.07. The Labute approximate surface area is 126 Å². The van der Waals surface area contributed by atoms with Crippen molar-refractivity contribution < 1.29 is 9.59 Å². The number of hydrogen-bond acceptors (Lipinski definition) is 4. The minimum absolute atomic E-state index is 0.165. The highest BCUT2D eigenvalue weighted by Gasteiger charge is 2.16. The highest BCUT2D eigenvalue weighted by Crippen LogP contribution is 2.22. The number of aldehydes is 2. The first-order valence-corrected chi connectivity index (χ1v) is 9.22. The molecule has 19 heavy (non-hydrogen) atoms. The second kappa shape index (κ2) is 9.87. The molecule has 0 unspecified atom stereocenters. The third-order valence-corrected chi connectivity index (χ3v) is 5.14. The van der Waals surface area contributed by atoms with Gasteiger partial charge in [-0.25, -0.2) is 0 Å². The van der Waals surface area contributed by atoms with Crippen LogP contribution in [0.15, 0.2) is 0 Å². The minimum atomic E-state index is -0.165. The summed E-state index contributed by atoms with van der Waals surface area (Å²) >= 11 is 3.87. The van der Waals surface area contributed by atoms with E-state index in [1.807, 2.05) is 51.2 Å². The largest absolute Gasteiger partial charge is 0.303 e. The van der Waals surface area contributed by atoms with Crippen LogP contribution in [0.3, 0.4) is 0 Å². The van der Waals surface area contributed by atoms with Crippen molar-refractivity contribution >= 4 is 36.1 Å². The van der Waals surface area contributed by atoms with Gasteiger partial charge in [0, 0.05) is 10.8 Å². The fourth-order valence-corrected chi connectivity index (χ4v) is 3.88. The van der Waals surface area contributed by atoms with Crippen molar-refractivity contribution in [1.29, 1.82) is 0 Å². The van der Waals surface area contributed by atoms with Crippen LogP contribution in [0.4, 0.5) is 0 Å². The van der Waals surface area contributed by atoms with Crippen LogP contribution in [0, 0.1) is 10.8 Å². The van der Waals surface area contributed by atoms with E-state index in [9.17, 15) is 9.59 Å². The molecular weight excluding hydrogens is 276 g/mol. The highest BCUT2D eigenvalue weighted by atomic mass is 32.2. The van der Waals surface area contributed by atoms with E-state index >= 15 is 0 Å². The van der Waals surface area contributed by atoms with Gasteiger partial charge in [0.15, 0.2) is 0 Å². The first-order valence-electron chi connectivity index (χ1n) is 6.91. The molecule has 0 radical (unpaired) electrons. The molecule has 0 rings (SSSR count). The fraction of sp³-hybridized carbons (Fsp3) is 0.867. The molecule has 0 bridgehead atoms. The molecule has 0 spiro atoms. The van der Waals surface area contributed by atoms with Gasteiger partial charge in [-0.2, -0.15) is 23.5 Å². The van der Waals surface area contributed by atoms with Gasteiger partial charge in [-0.3, -0.25) is 0 Å². The van der Waals surface area contributed by atoms with Crippen LogP contribution in [0.25, 0.3) is 0 Å². The Hall–Kier alpha value is 0.0400. The van der Waals surface area contributed by atoms with E-state index < -0.39 is 0 Å². The highest BCUT2D eigenvalue weighted by molar-refractivity contribution is 8.00. The Morgan fingerprint density at radius 1 is 0.737 bits per heavy atom. The van der Waals surface area contributed by atoms with Crippen molar-refractivity contribution in [3.63, 3.8) is 0 Å². The zero-order chi connectivity index (χ0) is 14.8. The number of rotatable bonds is 12. The van der Waals surface area contributed by atoms with Gasteiger partial charge in [0.25, 0.3) is 0 Å². The summed E-state index contributed by atoms with van der Waals surface area (Å²) in [6, 6.07) is 0. The van der Waals surface area contributed by atoms with Crippen molar-refractivity contribution in [3.8, 4) is 0 Å². The molecule has 0 N–H and O–H groups in total. The normalized spacial score (nSPS) is 12.4. The second-order valence-electron chi connectivity index (χ2n) is 6.29. The summed E-state index contributed by atoms with van der Waals surface area (Å²) in [5.74, 6) is 4.46. The third-order valence-electron chi connectivity index (χ3n) is 3.00. The van der Waals surface area contributed by atoms with Gasteiger partial charge in [-0.05, 0) is 42.3 Å². The summed E-state index contributed by atoms with van der Waals surface area (Å²) in [6.07, 6.45) is 5.23. The monoisotopic (exact) mass is 304 g/mol. The molecule has 0 saturated heterocycles. The molecule has 0 aromatic rings. The first-order chi connectivity index (χ1) is 8.83. The smallest absolute Gasteiger partial charge is 0.125 e. The van der Waals surface area contributed by atoms with Crippen LogP contribution in [-0.4, -0.2) is 35.6 Å². The van der Waals surface area contributed by atoms with Crippen LogP contribution in [0.2, 0.25) is 0 Å². The van der Waals surface area contributed by atoms with Gasteiger partial charge >= 0.3 is 0 Å². The van der Waals surface area contributed by atoms with E-state index in [-0.39, 0.29) is 10.8 Å². The molecule has 0 aromatic carbocycles. The molecule has 0 aliphatic carbocycles. The third kappa shape index (κ3) is 11.6. The second-order valence-corrected chi connectivity index (χ2v) is 8.74. The van der Waals surface area contributed by atoms with Crippen molar-refractivity contribution in [3.05, 3.63) is 0 Å². The number of thioether (sulfide) groups is 2. The minimum Gasteiger partial charge on any atom is -0.303 e. The van der Waals surface area contributed by atoms with E-state index in [0.717, 1.165) is 36.9 Å². The van der Waals surface area contributed by atoms with Gasteiger partial charge < -0.3 is 9.59 Å². The molecule has 0 aliphatic heterocycles. The predicted molar refractivity (Wildman–Crippen MR) is 88.2 cm³/mol. The Morgan fingerprint density at radius 3 is 1.42 bits per heavy atom. The zero-order valence-electron chi connectivity index (χ0n) is 12.7. The van der Waals surface area contributed by atoms with Crippen LogP contribution in [-0.2, 0) is 9.59 Å². The molecule has 0 aliphatic rings. The van der Waals surface area contributed by atoms with E-state index in [1.54, 1.807) is 0 Å². The topological polar surface area (TPSA) is 34.1 Å². The summed E-state index contributed by atoms with van der Waals surface area (Å²) < 4.78 is 0. The summed E-state index contributed by atoms with van der Waals surface area (Å²) in [7, 11) is 0. The van der Waals surface area contributed by atoms with E-state index in [4.69, 9.17) is 0 Å². The van der Waals surface area contributed by atoms with Crippen molar-refractivity contribution in [1.82, 2.24) is 0 Å². The molecule has 0 aromatic heterocycles. The van der Waals surface area contributed by atoms with Crippen LogP contribution in [0.5, 0.6) is 0 Å². The zero-order valence-corrected chi connectivity index (χ0v) is 14.4. The van der Waals surface area contributed by atoms with Crippen LogP contribution < -0.4 is 0 Å². The lowest BCUT2D eigenvalue weighted by Gasteiger charge is -2.16.